The first-order chi connectivity index (χ1) is 18.2. The number of thiazole rings is 1. The van der Waals surface area contributed by atoms with E-state index < -0.39 is 12.4 Å². The Morgan fingerprint density at radius 3 is 2.68 bits per heavy atom. The highest BCUT2D eigenvalue weighted by molar-refractivity contribution is 7.15. The van der Waals surface area contributed by atoms with Gasteiger partial charge in [0, 0.05) is 59.3 Å². The third kappa shape index (κ3) is 6.15. The number of halogens is 5. The molecule has 1 aliphatic rings. The Morgan fingerprint density at radius 1 is 1.18 bits per heavy atom. The molecule has 198 valence electrons. The highest BCUT2D eigenvalue weighted by Gasteiger charge is 2.32. The predicted molar refractivity (Wildman–Crippen MR) is 143 cm³/mol. The minimum absolute atomic E-state index is 0.192. The Morgan fingerprint density at radius 2 is 1.97 bits per heavy atom. The van der Waals surface area contributed by atoms with Gasteiger partial charge in [-0.05, 0) is 35.4 Å². The summed E-state index contributed by atoms with van der Waals surface area (Å²) in [4.78, 5) is 20.2. The minimum atomic E-state index is -4.84. The van der Waals surface area contributed by atoms with Crippen molar-refractivity contribution in [1.82, 2.24) is 19.8 Å². The van der Waals surface area contributed by atoms with Gasteiger partial charge in [-0.1, -0.05) is 47.5 Å². The number of carbonyl (C=O) groups is 1. The molecule has 0 fully saturated rings. The van der Waals surface area contributed by atoms with Crippen molar-refractivity contribution < 1.29 is 22.7 Å². The highest BCUT2D eigenvalue weighted by Crippen LogP contribution is 2.34. The average Bonchev–Trinajstić information content (AvgIpc) is 3.43. The van der Waals surface area contributed by atoms with E-state index in [4.69, 9.17) is 23.2 Å². The van der Waals surface area contributed by atoms with Gasteiger partial charge in [0.15, 0.2) is 4.47 Å². The van der Waals surface area contributed by atoms with E-state index >= 15 is 0 Å². The van der Waals surface area contributed by atoms with Crippen LogP contribution in [0.5, 0.6) is 5.75 Å². The van der Waals surface area contributed by atoms with Gasteiger partial charge < -0.3 is 10.1 Å². The molecular weight excluding hydrogens is 560 g/mol. The lowest BCUT2D eigenvalue weighted by molar-refractivity contribution is -0.274. The molecule has 0 aliphatic carbocycles. The van der Waals surface area contributed by atoms with Crippen LogP contribution in [0, 0.1) is 0 Å². The summed E-state index contributed by atoms with van der Waals surface area (Å²) in [6, 6.07) is 11.2. The second kappa shape index (κ2) is 11.0. The average molecular weight is 581 g/mol. The lowest BCUT2D eigenvalue weighted by atomic mass is 10.0. The summed E-state index contributed by atoms with van der Waals surface area (Å²) in [5.74, 6) is -0.383. The summed E-state index contributed by atoms with van der Waals surface area (Å²) in [5.41, 5.74) is 3.05. The Bertz CT molecular complexity index is 1500. The molecule has 12 heteroatoms. The molecule has 1 N–H and O–H groups in total. The third-order valence-electron chi connectivity index (χ3n) is 6.12. The molecule has 4 aromatic rings. The number of alkyl halides is 3. The quantitative estimate of drug-likeness (QED) is 0.263. The number of rotatable bonds is 6. The normalized spacial score (nSPS) is 14.2. The lowest BCUT2D eigenvalue weighted by Gasteiger charge is -2.27. The molecule has 1 amide bonds. The Hall–Kier alpha value is -3.05. The van der Waals surface area contributed by atoms with E-state index in [2.05, 4.69) is 26.0 Å². The SMILES string of the molecule is O=C(NCc1cnc(Cl)s1)n1c2c(c3ccc(OC(F)(F)F)cc31)CN(C/C=C/c1ccc(Cl)cc1)CC2. The van der Waals surface area contributed by atoms with E-state index in [-0.39, 0.29) is 12.3 Å². The monoisotopic (exact) mass is 580 g/mol. The maximum atomic E-state index is 13.3. The summed E-state index contributed by atoms with van der Waals surface area (Å²) in [7, 11) is 0. The van der Waals surface area contributed by atoms with E-state index in [1.807, 2.05) is 30.3 Å². The van der Waals surface area contributed by atoms with Crippen LogP contribution in [0.1, 0.15) is 21.7 Å². The van der Waals surface area contributed by atoms with Crippen LogP contribution in [0.2, 0.25) is 9.49 Å². The number of nitrogens with one attached hydrogen (secondary N) is 1. The molecular formula is C26H21Cl2F3N4O2S. The summed E-state index contributed by atoms with van der Waals surface area (Å²) in [6.45, 7) is 2.08. The molecule has 0 saturated carbocycles. The van der Waals surface area contributed by atoms with Crippen molar-refractivity contribution >= 4 is 57.5 Å². The molecule has 0 bridgehead atoms. The smallest absolute Gasteiger partial charge is 0.406 e. The van der Waals surface area contributed by atoms with E-state index in [1.54, 1.807) is 12.3 Å². The molecule has 0 radical (unpaired) electrons. The van der Waals surface area contributed by atoms with Gasteiger partial charge in [-0.2, -0.15) is 0 Å². The lowest BCUT2D eigenvalue weighted by Crippen LogP contribution is -2.34. The van der Waals surface area contributed by atoms with Crippen LogP contribution in [0.15, 0.2) is 54.7 Å². The molecule has 2 aromatic heterocycles. The van der Waals surface area contributed by atoms with Gasteiger partial charge in [0.25, 0.3) is 0 Å². The van der Waals surface area contributed by atoms with Crippen LogP contribution in [0.25, 0.3) is 17.0 Å². The van der Waals surface area contributed by atoms with Gasteiger partial charge in [-0.3, -0.25) is 9.47 Å². The first-order valence-corrected chi connectivity index (χ1v) is 13.2. The summed E-state index contributed by atoms with van der Waals surface area (Å²) in [6.07, 6.45) is 1.34. The van der Waals surface area contributed by atoms with E-state index in [0.29, 0.717) is 46.4 Å². The Kier molecular flexibility index (Phi) is 7.67. The molecule has 6 nitrogen and oxygen atoms in total. The molecule has 3 heterocycles. The number of carbonyl (C=O) groups excluding carboxylic acids is 1. The maximum Gasteiger partial charge on any atom is 0.573 e. The molecule has 5 rings (SSSR count). The first-order valence-electron chi connectivity index (χ1n) is 11.6. The van der Waals surface area contributed by atoms with Gasteiger partial charge in [0.05, 0.1) is 12.1 Å². The molecule has 0 atom stereocenters. The number of hydrogen-bond acceptors (Lipinski definition) is 5. The fourth-order valence-electron chi connectivity index (χ4n) is 4.50. The van der Waals surface area contributed by atoms with Crippen molar-refractivity contribution in [2.75, 3.05) is 13.1 Å². The zero-order chi connectivity index (χ0) is 26.9. The first kappa shape index (κ1) is 26.6. The van der Waals surface area contributed by atoms with Crippen molar-refractivity contribution in [3.05, 3.63) is 85.9 Å². The molecule has 1 aliphatic heterocycles. The topological polar surface area (TPSA) is 59.4 Å². The molecule has 38 heavy (non-hydrogen) atoms. The van der Waals surface area contributed by atoms with Crippen LogP contribution >= 0.6 is 34.5 Å². The number of benzene rings is 2. The maximum absolute atomic E-state index is 13.3. The summed E-state index contributed by atoms with van der Waals surface area (Å²) in [5, 5.41) is 4.21. The fourth-order valence-corrected chi connectivity index (χ4v) is 5.54. The van der Waals surface area contributed by atoms with Gasteiger partial charge in [-0.25, -0.2) is 9.78 Å². The number of nitrogens with zero attached hydrogens (tertiary/aromatic N) is 3. The van der Waals surface area contributed by atoms with Gasteiger partial charge in [0.2, 0.25) is 0 Å². The van der Waals surface area contributed by atoms with E-state index in [9.17, 15) is 18.0 Å². The van der Waals surface area contributed by atoms with E-state index in [0.717, 1.165) is 21.7 Å². The molecule has 0 saturated heterocycles. The standard InChI is InChI=1S/C26H21Cl2F3N4O2S/c27-17-5-3-16(4-6-17)2-1-10-34-11-9-22-21(15-34)20-8-7-18(37-26(29,30)31)12-23(20)35(22)25(36)33-14-19-13-32-24(28)38-19/h1-8,12-13H,9-11,14-15H2,(H,33,36)/b2-1+. The van der Waals surface area contributed by atoms with Gasteiger partial charge in [0.1, 0.15) is 5.75 Å². The fraction of sp³-hybridized carbons (Fsp3) is 0.231. The molecule has 2 aromatic carbocycles. The third-order valence-corrected chi connectivity index (χ3v) is 7.49. The highest BCUT2D eigenvalue weighted by atomic mass is 35.5. The van der Waals surface area contributed by atoms with Gasteiger partial charge in [-0.15, -0.1) is 24.5 Å². The van der Waals surface area contributed by atoms with Crippen molar-refractivity contribution in [3.8, 4) is 5.75 Å². The zero-order valence-electron chi connectivity index (χ0n) is 19.8. The minimum Gasteiger partial charge on any atom is -0.406 e. The number of aromatic nitrogens is 2. The molecule has 0 spiro atoms. The van der Waals surface area contributed by atoms with Crippen LogP contribution in [-0.2, 0) is 19.5 Å². The second-order valence-corrected chi connectivity index (χ2v) is 10.8. The predicted octanol–water partition coefficient (Wildman–Crippen LogP) is 7.13. The zero-order valence-corrected chi connectivity index (χ0v) is 22.1. The number of amides is 1. The van der Waals surface area contributed by atoms with Crippen molar-refractivity contribution in [3.63, 3.8) is 0 Å². The van der Waals surface area contributed by atoms with Crippen LogP contribution in [-0.4, -0.2) is 39.9 Å². The Labute approximate surface area is 230 Å². The van der Waals surface area contributed by atoms with Crippen molar-refractivity contribution in [2.24, 2.45) is 0 Å². The molecule has 0 unspecified atom stereocenters. The van der Waals surface area contributed by atoms with Crippen LogP contribution in [0.3, 0.4) is 0 Å². The Balaban J connectivity index is 1.42. The van der Waals surface area contributed by atoms with Crippen molar-refractivity contribution in [2.45, 2.75) is 25.9 Å². The second-order valence-electron chi connectivity index (χ2n) is 8.66. The van der Waals surface area contributed by atoms with Crippen LogP contribution in [0.4, 0.5) is 18.0 Å². The number of fused-ring (bicyclic) bond motifs is 3. The van der Waals surface area contributed by atoms with E-state index in [1.165, 1.54) is 28.0 Å². The summed E-state index contributed by atoms with van der Waals surface area (Å²) >= 11 is 13.1. The number of ether oxygens (including phenoxy) is 1. The van der Waals surface area contributed by atoms with Crippen LogP contribution < -0.4 is 10.1 Å². The van der Waals surface area contributed by atoms with Gasteiger partial charge >= 0.3 is 12.4 Å². The number of hydrogen-bond donors (Lipinski definition) is 1. The largest absolute Gasteiger partial charge is 0.573 e. The summed E-state index contributed by atoms with van der Waals surface area (Å²) < 4.78 is 44.7. The van der Waals surface area contributed by atoms with Crippen molar-refractivity contribution in [1.29, 1.82) is 0 Å².